The van der Waals surface area contributed by atoms with Gasteiger partial charge >= 0.3 is 0 Å². The number of hydrogen-bond acceptors (Lipinski definition) is 11. The predicted octanol–water partition coefficient (Wildman–Crippen LogP) is 0.0308. The van der Waals surface area contributed by atoms with E-state index in [0.29, 0.717) is 12.4 Å². The van der Waals surface area contributed by atoms with Gasteiger partial charge in [-0.15, -0.1) is 0 Å². The number of aliphatic hydroxyl groups excluding tert-OH is 3. The highest BCUT2D eigenvalue weighted by Gasteiger charge is 2.45. The van der Waals surface area contributed by atoms with Gasteiger partial charge in [0.25, 0.3) is 0 Å². The molecule has 4 rings (SSSR count). The number of nitrogens with two attached hydrogens (primary N) is 1. The van der Waals surface area contributed by atoms with Crippen LogP contribution in [0.3, 0.4) is 0 Å². The van der Waals surface area contributed by atoms with E-state index in [2.05, 4.69) is 32.1 Å². The number of aliphatic hydroxyl groups is 3. The second kappa shape index (κ2) is 9.28. The number of nitrogen functional groups attached to an aromatic ring is 1. The average molecular weight is 441 g/mol. The van der Waals surface area contributed by atoms with E-state index in [1.807, 2.05) is 12.1 Å². The maximum atomic E-state index is 10.5. The molecular formula is C20H23N7O5. The van der Waals surface area contributed by atoms with E-state index in [1.54, 1.807) is 24.4 Å². The van der Waals surface area contributed by atoms with Crippen molar-refractivity contribution < 1.29 is 24.8 Å². The van der Waals surface area contributed by atoms with Gasteiger partial charge in [0.15, 0.2) is 23.2 Å². The van der Waals surface area contributed by atoms with E-state index in [0.717, 1.165) is 5.56 Å². The molecule has 0 bridgehead atoms. The van der Waals surface area contributed by atoms with Gasteiger partial charge < -0.3 is 30.5 Å². The van der Waals surface area contributed by atoms with Crippen molar-refractivity contribution in [3.63, 3.8) is 0 Å². The number of nitrogens with zero attached hydrogens (tertiary/aromatic N) is 5. The fourth-order valence-corrected chi connectivity index (χ4v) is 3.31. The Morgan fingerprint density at radius 2 is 2.03 bits per heavy atom. The molecule has 1 aliphatic rings. The molecule has 4 unspecified atom stereocenters. The Morgan fingerprint density at radius 3 is 2.72 bits per heavy atom. The Labute approximate surface area is 182 Å². The second-order valence-electron chi connectivity index (χ2n) is 7.00. The first kappa shape index (κ1) is 21.6. The molecule has 1 saturated heterocycles. The average Bonchev–Trinajstić information content (AvgIpc) is 3.31. The summed E-state index contributed by atoms with van der Waals surface area (Å²) in [6, 6.07) is 7.25. The third-order valence-electron chi connectivity index (χ3n) is 4.90. The summed E-state index contributed by atoms with van der Waals surface area (Å²) in [5.74, 6) is 0.988. The van der Waals surface area contributed by atoms with Gasteiger partial charge in [-0.1, -0.05) is 12.7 Å². The summed E-state index contributed by atoms with van der Waals surface area (Å²) in [5.41, 5.74) is 10.0. The van der Waals surface area contributed by atoms with Crippen LogP contribution in [0.1, 0.15) is 11.8 Å². The van der Waals surface area contributed by atoms with E-state index in [1.165, 1.54) is 10.9 Å². The second-order valence-corrected chi connectivity index (χ2v) is 7.00. The molecule has 1 aromatic carbocycles. The fourth-order valence-electron chi connectivity index (χ4n) is 3.31. The van der Waals surface area contributed by atoms with Crippen molar-refractivity contribution in [3.8, 4) is 5.75 Å². The number of aromatic nitrogens is 4. The summed E-state index contributed by atoms with van der Waals surface area (Å²) in [5, 5.41) is 34.2. The zero-order valence-electron chi connectivity index (χ0n) is 16.9. The molecule has 1 fully saturated rings. The van der Waals surface area contributed by atoms with E-state index in [9.17, 15) is 15.3 Å². The fraction of sp³-hybridized carbons (Fsp3) is 0.300. The van der Waals surface area contributed by atoms with Crippen LogP contribution in [0, 0.1) is 0 Å². The zero-order chi connectivity index (χ0) is 22.7. The SMILES string of the molecule is C=CCOc1ccc(C=NNc2nc3c(N)ncnc3n2C2OC(CO)C(O)C2O)cc1. The predicted molar refractivity (Wildman–Crippen MR) is 116 cm³/mol. The monoisotopic (exact) mass is 441 g/mol. The molecule has 3 heterocycles. The van der Waals surface area contributed by atoms with E-state index >= 15 is 0 Å². The lowest BCUT2D eigenvalue weighted by Crippen LogP contribution is -2.33. The molecule has 2 aromatic heterocycles. The molecule has 6 N–H and O–H groups in total. The van der Waals surface area contributed by atoms with Crippen molar-refractivity contribution in [2.45, 2.75) is 24.5 Å². The molecule has 0 spiro atoms. The lowest BCUT2D eigenvalue weighted by molar-refractivity contribution is -0.0501. The van der Waals surface area contributed by atoms with Gasteiger partial charge in [-0.2, -0.15) is 5.10 Å². The van der Waals surface area contributed by atoms with Gasteiger partial charge in [0.05, 0.1) is 12.8 Å². The normalized spacial score (nSPS) is 23.1. The Balaban J connectivity index is 1.61. The molecule has 12 nitrogen and oxygen atoms in total. The van der Waals surface area contributed by atoms with Crippen molar-refractivity contribution >= 4 is 29.1 Å². The van der Waals surface area contributed by atoms with E-state index in [4.69, 9.17) is 15.2 Å². The summed E-state index contributed by atoms with van der Waals surface area (Å²) in [6.45, 7) is 3.56. The van der Waals surface area contributed by atoms with Crippen LogP contribution in [0.5, 0.6) is 5.75 Å². The van der Waals surface area contributed by atoms with Crippen molar-refractivity contribution in [1.29, 1.82) is 0 Å². The first-order chi connectivity index (χ1) is 15.5. The van der Waals surface area contributed by atoms with Crippen LogP contribution >= 0.6 is 0 Å². The summed E-state index contributed by atoms with van der Waals surface area (Å²) in [7, 11) is 0. The van der Waals surface area contributed by atoms with Gasteiger partial charge in [0.2, 0.25) is 5.95 Å². The highest BCUT2D eigenvalue weighted by molar-refractivity contribution is 5.84. The molecule has 0 aliphatic carbocycles. The smallest absolute Gasteiger partial charge is 0.228 e. The third kappa shape index (κ3) is 4.11. The Morgan fingerprint density at radius 1 is 1.25 bits per heavy atom. The topological polar surface area (TPSA) is 173 Å². The van der Waals surface area contributed by atoms with Gasteiger partial charge in [-0.05, 0) is 29.8 Å². The van der Waals surface area contributed by atoms with Crippen LogP contribution in [0.2, 0.25) is 0 Å². The number of fused-ring (bicyclic) bond motifs is 1. The first-order valence-corrected chi connectivity index (χ1v) is 9.77. The standard InChI is InChI=1S/C20H23N7O5/c1-2-7-31-12-5-3-11(4-6-12)8-24-26-20-25-14-17(21)22-10-23-18(14)27(20)19-16(30)15(29)13(9-28)32-19/h2-6,8,10,13,15-16,19,28-30H,1,7,9H2,(H,25,26)(H2,21,22,23). The minimum absolute atomic E-state index is 0.127. The van der Waals surface area contributed by atoms with Crippen molar-refractivity contribution in [2.75, 3.05) is 24.4 Å². The highest BCUT2D eigenvalue weighted by atomic mass is 16.6. The maximum Gasteiger partial charge on any atom is 0.228 e. The Bertz CT molecular complexity index is 1120. The number of hydrazone groups is 1. The van der Waals surface area contributed by atoms with Crippen LogP contribution in [0.25, 0.3) is 11.2 Å². The van der Waals surface area contributed by atoms with Crippen LogP contribution in [0.15, 0.2) is 48.3 Å². The molecule has 3 aromatic rings. The molecule has 168 valence electrons. The summed E-state index contributed by atoms with van der Waals surface area (Å²) >= 11 is 0. The van der Waals surface area contributed by atoms with Crippen LogP contribution in [0.4, 0.5) is 11.8 Å². The molecule has 12 heteroatoms. The van der Waals surface area contributed by atoms with Crippen molar-refractivity contribution in [1.82, 2.24) is 19.5 Å². The van der Waals surface area contributed by atoms with Crippen molar-refractivity contribution in [2.24, 2.45) is 5.10 Å². The number of nitrogens with one attached hydrogen (secondary N) is 1. The van der Waals surface area contributed by atoms with Crippen molar-refractivity contribution in [3.05, 3.63) is 48.8 Å². The van der Waals surface area contributed by atoms with E-state index in [-0.39, 0.29) is 22.9 Å². The van der Waals surface area contributed by atoms with Crippen LogP contribution in [-0.4, -0.2) is 72.6 Å². The number of ether oxygens (including phenoxy) is 2. The molecule has 4 atom stereocenters. The number of benzene rings is 1. The number of imidazole rings is 1. The first-order valence-electron chi connectivity index (χ1n) is 9.77. The highest BCUT2D eigenvalue weighted by Crippen LogP contribution is 2.35. The van der Waals surface area contributed by atoms with Gasteiger partial charge in [0, 0.05) is 0 Å². The third-order valence-corrected chi connectivity index (χ3v) is 4.90. The number of anilines is 2. The minimum Gasteiger partial charge on any atom is -0.490 e. The lowest BCUT2D eigenvalue weighted by atomic mass is 10.1. The Kier molecular flexibility index (Phi) is 6.28. The van der Waals surface area contributed by atoms with Crippen LogP contribution in [-0.2, 0) is 4.74 Å². The maximum absolute atomic E-state index is 10.5. The molecule has 0 saturated carbocycles. The minimum atomic E-state index is -1.34. The summed E-state index contributed by atoms with van der Waals surface area (Å²) in [6.07, 6.45) is -0.207. The van der Waals surface area contributed by atoms with Crippen LogP contribution < -0.4 is 15.9 Å². The number of rotatable bonds is 8. The molecule has 1 aliphatic heterocycles. The van der Waals surface area contributed by atoms with Gasteiger partial charge in [0.1, 0.15) is 37.0 Å². The molecule has 0 amide bonds. The quantitative estimate of drug-likeness (QED) is 0.182. The molecule has 32 heavy (non-hydrogen) atoms. The zero-order valence-corrected chi connectivity index (χ0v) is 16.9. The summed E-state index contributed by atoms with van der Waals surface area (Å²) < 4.78 is 12.5. The largest absolute Gasteiger partial charge is 0.490 e. The Hall–Kier alpha value is -3.58. The molecule has 0 radical (unpaired) electrons. The number of hydrogen-bond donors (Lipinski definition) is 5. The lowest BCUT2D eigenvalue weighted by Gasteiger charge is -2.18. The molecular weight excluding hydrogens is 418 g/mol. The van der Waals surface area contributed by atoms with Gasteiger partial charge in [-0.3, -0.25) is 4.57 Å². The van der Waals surface area contributed by atoms with Gasteiger partial charge in [-0.25, -0.2) is 20.4 Å². The summed E-state index contributed by atoms with van der Waals surface area (Å²) in [4.78, 5) is 12.5. The van der Waals surface area contributed by atoms with E-state index < -0.39 is 31.1 Å².